The average molecular weight is 544 g/mol. The molecule has 28 heavy (non-hydrogen) atoms. The normalized spacial score (nSPS) is 14.2. The number of benzene rings is 2. The van der Waals surface area contributed by atoms with Gasteiger partial charge in [-0.1, -0.05) is 31.9 Å². The molecular formula is C18H12Br2N2O4S2. The van der Waals surface area contributed by atoms with Gasteiger partial charge in [-0.3, -0.25) is 0 Å². The fourth-order valence-corrected chi connectivity index (χ4v) is 4.67. The first-order chi connectivity index (χ1) is 13.2. The van der Waals surface area contributed by atoms with E-state index < -0.39 is 20.0 Å². The zero-order valence-electron chi connectivity index (χ0n) is 14.0. The Balaban J connectivity index is 1.83. The number of halogens is 2. The van der Waals surface area contributed by atoms with Crippen LogP contribution in [-0.2, 0) is 20.0 Å². The van der Waals surface area contributed by atoms with Crippen molar-refractivity contribution in [1.29, 1.82) is 0 Å². The summed E-state index contributed by atoms with van der Waals surface area (Å²) in [5.74, 6) is 0. The van der Waals surface area contributed by atoms with Crippen LogP contribution in [0.5, 0.6) is 0 Å². The van der Waals surface area contributed by atoms with Crippen LogP contribution in [-0.4, -0.2) is 28.3 Å². The van der Waals surface area contributed by atoms with Crippen molar-refractivity contribution in [2.45, 2.75) is 9.79 Å². The molecule has 144 valence electrons. The first kappa shape index (κ1) is 20.8. The van der Waals surface area contributed by atoms with E-state index in [0.29, 0.717) is 0 Å². The highest BCUT2D eigenvalue weighted by Crippen LogP contribution is 2.19. The van der Waals surface area contributed by atoms with E-state index >= 15 is 0 Å². The van der Waals surface area contributed by atoms with Crippen molar-refractivity contribution in [3.8, 4) is 0 Å². The molecule has 6 nitrogen and oxygen atoms in total. The standard InChI is InChI=1S/C18H12Br2N2O4S2/c19-13-1-9-17(10-2-13)27(23,24)21-15-5-7-16(8-6-15)22-28(25,26)18-11-3-14(20)4-12-18/h1-12H. The Morgan fingerprint density at radius 1 is 0.536 bits per heavy atom. The molecule has 0 aliphatic heterocycles. The van der Waals surface area contributed by atoms with E-state index in [-0.39, 0.29) is 21.2 Å². The molecule has 0 amide bonds. The van der Waals surface area contributed by atoms with Gasteiger partial charge in [0.15, 0.2) is 0 Å². The summed E-state index contributed by atoms with van der Waals surface area (Å²) < 4.78 is 58.4. The van der Waals surface area contributed by atoms with Crippen LogP contribution in [0.25, 0.3) is 0 Å². The summed E-state index contributed by atoms with van der Waals surface area (Å²) in [5.41, 5.74) is 0.339. The third kappa shape index (κ3) is 5.13. The minimum Gasteiger partial charge on any atom is -0.199 e. The van der Waals surface area contributed by atoms with Gasteiger partial charge in [-0.05, 0) is 72.8 Å². The monoisotopic (exact) mass is 542 g/mol. The van der Waals surface area contributed by atoms with Gasteiger partial charge in [-0.25, -0.2) is 0 Å². The molecule has 0 saturated heterocycles. The van der Waals surface area contributed by atoms with Gasteiger partial charge in [-0.15, -0.1) is 0 Å². The summed E-state index contributed by atoms with van der Waals surface area (Å²) in [6.45, 7) is 0. The van der Waals surface area contributed by atoms with E-state index in [1.54, 1.807) is 24.3 Å². The Labute approximate surface area is 179 Å². The van der Waals surface area contributed by atoms with Crippen LogP contribution in [0.1, 0.15) is 0 Å². The van der Waals surface area contributed by atoms with Crippen LogP contribution in [0.15, 0.2) is 100 Å². The van der Waals surface area contributed by atoms with Crippen molar-refractivity contribution in [3.63, 3.8) is 0 Å². The molecule has 0 unspecified atom stereocenters. The molecule has 0 fully saturated rings. The number of sulfonamides is 2. The maximum Gasteiger partial charge on any atom is 0.282 e. The van der Waals surface area contributed by atoms with Crippen molar-refractivity contribution < 1.29 is 16.8 Å². The van der Waals surface area contributed by atoms with Crippen molar-refractivity contribution in [2.24, 2.45) is 8.80 Å². The van der Waals surface area contributed by atoms with E-state index in [1.165, 1.54) is 48.6 Å². The second-order valence-corrected chi connectivity index (χ2v) is 10.6. The lowest BCUT2D eigenvalue weighted by Gasteiger charge is -2.05. The van der Waals surface area contributed by atoms with Gasteiger partial charge >= 0.3 is 0 Å². The van der Waals surface area contributed by atoms with E-state index in [2.05, 4.69) is 40.7 Å². The van der Waals surface area contributed by atoms with Crippen molar-refractivity contribution >= 4 is 63.3 Å². The molecule has 2 aromatic rings. The number of rotatable bonds is 4. The highest BCUT2D eigenvalue weighted by atomic mass is 79.9. The third-order valence-electron chi connectivity index (χ3n) is 3.52. The van der Waals surface area contributed by atoms with E-state index in [0.717, 1.165) is 8.95 Å². The average Bonchev–Trinajstić information content (AvgIpc) is 2.64. The van der Waals surface area contributed by atoms with Crippen LogP contribution in [0, 0.1) is 0 Å². The maximum absolute atomic E-state index is 12.3. The molecule has 3 rings (SSSR count). The summed E-state index contributed by atoms with van der Waals surface area (Å²) in [5, 5.41) is 0. The van der Waals surface area contributed by atoms with Gasteiger partial charge in [0, 0.05) is 8.95 Å². The molecule has 1 aliphatic rings. The third-order valence-corrected chi connectivity index (χ3v) is 7.22. The Bertz CT molecular complexity index is 1110. The molecule has 0 saturated carbocycles. The first-order valence-corrected chi connectivity index (χ1v) is 12.2. The van der Waals surface area contributed by atoms with Gasteiger partial charge < -0.3 is 0 Å². The zero-order valence-corrected chi connectivity index (χ0v) is 18.8. The minimum atomic E-state index is -3.87. The van der Waals surface area contributed by atoms with Gasteiger partial charge in [0.2, 0.25) is 0 Å². The highest BCUT2D eigenvalue weighted by molar-refractivity contribution is 9.10. The maximum atomic E-state index is 12.3. The summed E-state index contributed by atoms with van der Waals surface area (Å²) in [6, 6.07) is 12.2. The molecule has 0 radical (unpaired) electrons. The van der Waals surface area contributed by atoms with Gasteiger partial charge in [0.05, 0.1) is 21.2 Å². The van der Waals surface area contributed by atoms with Crippen LogP contribution in [0.4, 0.5) is 0 Å². The molecule has 10 heteroatoms. The number of allylic oxidation sites excluding steroid dienone is 4. The fraction of sp³-hybridized carbons (Fsp3) is 0. The highest BCUT2D eigenvalue weighted by Gasteiger charge is 2.16. The lowest BCUT2D eigenvalue weighted by Crippen LogP contribution is -2.07. The number of nitrogens with zero attached hydrogens (tertiary/aromatic N) is 2. The quantitative estimate of drug-likeness (QED) is 0.537. The Kier molecular flexibility index (Phi) is 6.13. The SMILES string of the molecule is O=S(=O)(N=C1C=CC(=NS(=O)(=O)c2ccc(Br)cc2)C=C1)c1ccc(Br)cc1. The first-order valence-electron chi connectivity index (χ1n) is 7.73. The van der Waals surface area contributed by atoms with E-state index in [4.69, 9.17) is 0 Å². The summed E-state index contributed by atoms with van der Waals surface area (Å²) >= 11 is 6.49. The van der Waals surface area contributed by atoms with Gasteiger partial charge in [-0.2, -0.15) is 25.6 Å². The molecular weight excluding hydrogens is 532 g/mol. The molecule has 1 aliphatic carbocycles. The molecule has 0 aromatic heterocycles. The second-order valence-electron chi connectivity index (χ2n) is 5.56. The zero-order chi connectivity index (χ0) is 20.4. The second kappa shape index (κ2) is 8.24. The topological polar surface area (TPSA) is 93.0 Å². The van der Waals surface area contributed by atoms with Crippen molar-refractivity contribution in [1.82, 2.24) is 0 Å². The van der Waals surface area contributed by atoms with E-state index in [9.17, 15) is 16.8 Å². The number of hydrogen-bond acceptors (Lipinski definition) is 4. The Morgan fingerprint density at radius 3 is 1.11 bits per heavy atom. The van der Waals surface area contributed by atoms with E-state index in [1.807, 2.05) is 0 Å². The molecule has 0 spiro atoms. The largest absolute Gasteiger partial charge is 0.282 e. The summed E-state index contributed by atoms with van der Waals surface area (Å²) in [4.78, 5) is 0.115. The molecule has 0 bridgehead atoms. The minimum absolute atomic E-state index is 0.0577. The Morgan fingerprint density at radius 2 is 0.821 bits per heavy atom. The Hall–Kier alpha value is -1.88. The lowest BCUT2D eigenvalue weighted by molar-refractivity contribution is 0.596. The van der Waals surface area contributed by atoms with Crippen LogP contribution in [0.3, 0.4) is 0 Å². The fourth-order valence-electron chi connectivity index (χ4n) is 2.17. The van der Waals surface area contributed by atoms with Crippen LogP contribution < -0.4 is 0 Å². The summed E-state index contributed by atoms with van der Waals surface area (Å²) in [6.07, 6.45) is 5.58. The smallest absolute Gasteiger partial charge is 0.199 e. The van der Waals surface area contributed by atoms with Gasteiger partial charge in [0.1, 0.15) is 0 Å². The van der Waals surface area contributed by atoms with Crippen molar-refractivity contribution in [2.75, 3.05) is 0 Å². The number of hydrogen-bond donors (Lipinski definition) is 0. The molecule has 0 heterocycles. The van der Waals surface area contributed by atoms with Crippen LogP contribution >= 0.6 is 31.9 Å². The summed E-state index contributed by atoms with van der Waals surface area (Å²) in [7, 11) is -7.75. The van der Waals surface area contributed by atoms with Gasteiger partial charge in [0.25, 0.3) is 20.0 Å². The molecule has 0 N–H and O–H groups in total. The molecule has 0 atom stereocenters. The lowest BCUT2D eigenvalue weighted by atomic mass is 10.1. The molecule has 2 aromatic carbocycles. The van der Waals surface area contributed by atoms with Crippen molar-refractivity contribution in [3.05, 3.63) is 81.8 Å². The van der Waals surface area contributed by atoms with Crippen LogP contribution in [0.2, 0.25) is 0 Å². The predicted octanol–water partition coefficient (Wildman–Crippen LogP) is 4.30. The predicted molar refractivity (Wildman–Crippen MR) is 116 cm³/mol.